The topological polar surface area (TPSA) is 81.1 Å². The second-order valence-electron chi connectivity index (χ2n) is 5.92. The molecule has 6 nitrogen and oxygen atoms in total. The fraction of sp³-hybridized carbons (Fsp3) is 0.375. The summed E-state index contributed by atoms with van der Waals surface area (Å²) in [6, 6.07) is 5.81. The molecule has 3 rings (SSSR count). The van der Waals surface area contributed by atoms with Crippen LogP contribution < -0.4 is 5.32 Å². The zero-order chi connectivity index (χ0) is 18.0. The normalized spacial score (nSPS) is 19.0. The van der Waals surface area contributed by atoms with Gasteiger partial charge < -0.3 is 5.32 Å². The lowest BCUT2D eigenvalue weighted by molar-refractivity contribution is 0.0941. The number of halogens is 1. The van der Waals surface area contributed by atoms with Gasteiger partial charge in [0.15, 0.2) is 15.0 Å². The van der Waals surface area contributed by atoms with E-state index in [0.29, 0.717) is 29.5 Å². The van der Waals surface area contributed by atoms with Gasteiger partial charge in [-0.15, -0.1) is 0 Å². The van der Waals surface area contributed by atoms with Crippen LogP contribution in [0.15, 0.2) is 35.6 Å². The van der Waals surface area contributed by atoms with E-state index in [1.807, 2.05) is 6.26 Å². The molecular formula is C16H18FN3O3S2. The molecule has 0 radical (unpaired) electrons. The molecule has 1 N–H and O–H groups in total. The predicted molar refractivity (Wildman–Crippen MR) is 94.4 cm³/mol. The fourth-order valence-electron chi connectivity index (χ4n) is 2.84. The van der Waals surface area contributed by atoms with E-state index in [1.165, 1.54) is 30.1 Å². The predicted octanol–water partition coefficient (Wildman–Crippen LogP) is 1.90. The van der Waals surface area contributed by atoms with Crippen molar-refractivity contribution in [3.05, 3.63) is 42.0 Å². The number of nitrogens with zero attached hydrogens (tertiary/aromatic N) is 2. The zero-order valence-electron chi connectivity index (χ0n) is 13.6. The molecule has 1 saturated heterocycles. The number of thioether (sulfide) groups is 1. The van der Waals surface area contributed by atoms with Crippen molar-refractivity contribution in [2.24, 2.45) is 5.92 Å². The van der Waals surface area contributed by atoms with Gasteiger partial charge in [0.2, 0.25) is 0 Å². The first-order chi connectivity index (χ1) is 11.9. The minimum atomic E-state index is -2.97. The van der Waals surface area contributed by atoms with Crippen LogP contribution in [0.3, 0.4) is 0 Å². The summed E-state index contributed by atoms with van der Waals surface area (Å²) in [6.07, 6.45) is 3.87. The maximum Gasteiger partial charge on any atom is 0.269 e. The highest BCUT2D eigenvalue weighted by Crippen LogP contribution is 2.22. The molecule has 1 aliphatic rings. The van der Waals surface area contributed by atoms with Crippen LogP contribution >= 0.6 is 11.8 Å². The Balaban J connectivity index is 1.79. The van der Waals surface area contributed by atoms with E-state index >= 15 is 0 Å². The number of benzene rings is 1. The minimum absolute atomic E-state index is 0.0591. The number of carbonyl (C=O) groups excluding carboxylic acids is 1. The molecule has 1 fully saturated rings. The van der Waals surface area contributed by atoms with Gasteiger partial charge in [-0.05, 0) is 42.9 Å². The monoisotopic (exact) mass is 383 g/mol. The SMILES string of the molecule is CSc1ncc(C(=O)NCC2CCS(=O)(=O)C2)n1-c1ccc(F)cc1. The van der Waals surface area contributed by atoms with Crippen LogP contribution in [-0.4, -0.2) is 48.2 Å². The summed E-state index contributed by atoms with van der Waals surface area (Å²) in [5, 5.41) is 3.40. The Morgan fingerprint density at radius 3 is 2.72 bits per heavy atom. The maximum absolute atomic E-state index is 13.2. The Kier molecular flexibility index (Phi) is 5.14. The molecule has 0 bridgehead atoms. The Labute approximate surface area is 149 Å². The molecular weight excluding hydrogens is 365 g/mol. The van der Waals surface area contributed by atoms with Crippen molar-refractivity contribution >= 4 is 27.5 Å². The third-order valence-corrected chi connectivity index (χ3v) is 6.60. The van der Waals surface area contributed by atoms with Crippen molar-refractivity contribution in [1.82, 2.24) is 14.9 Å². The third-order valence-electron chi connectivity index (χ3n) is 4.11. The Hall–Kier alpha value is -1.87. The van der Waals surface area contributed by atoms with Gasteiger partial charge in [-0.2, -0.15) is 0 Å². The summed E-state index contributed by atoms with van der Waals surface area (Å²) in [5.74, 6) is -0.460. The van der Waals surface area contributed by atoms with Crippen molar-refractivity contribution in [2.75, 3.05) is 24.3 Å². The molecule has 1 aliphatic heterocycles. The highest BCUT2D eigenvalue weighted by atomic mass is 32.2. The molecule has 1 unspecified atom stereocenters. The summed E-state index contributed by atoms with van der Waals surface area (Å²) in [5.41, 5.74) is 0.966. The molecule has 0 saturated carbocycles. The van der Waals surface area contributed by atoms with Crippen molar-refractivity contribution < 1.29 is 17.6 Å². The molecule has 9 heteroatoms. The highest BCUT2D eigenvalue weighted by Gasteiger charge is 2.28. The maximum atomic E-state index is 13.2. The molecule has 25 heavy (non-hydrogen) atoms. The Morgan fingerprint density at radius 1 is 1.40 bits per heavy atom. The van der Waals surface area contributed by atoms with E-state index in [9.17, 15) is 17.6 Å². The van der Waals surface area contributed by atoms with Gasteiger partial charge in [0.1, 0.15) is 11.5 Å². The summed E-state index contributed by atoms with van der Waals surface area (Å²) >= 11 is 1.37. The lowest BCUT2D eigenvalue weighted by atomic mass is 10.1. The van der Waals surface area contributed by atoms with Gasteiger partial charge in [-0.1, -0.05) is 11.8 Å². The standard InChI is InChI=1S/C16H18FN3O3S2/c1-24-16-19-9-14(20(16)13-4-2-12(17)3-5-13)15(21)18-8-11-6-7-25(22,23)10-11/h2-5,9,11H,6-8,10H2,1H3,(H,18,21). The number of carbonyl (C=O) groups is 1. The number of rotatable bonds is 5. The Bertz CT molecular complexity index is 879. The van der Waals surface area contributed by atoms with E-state index in [0.717, 1.165) is 0 Å². The van der Waals surface area contributed by atoms with Gasteiger partial charge in [0, 0.05) is 12.2 Å². The molecule has 1 aromatic heterocycles. The lowest BCUT2D eigenvalue weighted by Gasteiger charge is -2.13. The number of sulfone groups is 1. The summed E-state index contributed by atoms with van der Waals surface area (Å²) < 4.78 is 37.8. The number of aromatic nitrogens is 2. The second-order valence-corrected chi connectivity index (χ2v) is 8.92. The fourth-order valence-corrected chi connectivity index (χ4v) is 5.25. The first-order valence-electron chi connectivity index (χ1n) is 7.76. The van der Waals surface area contributed by atoms with Gasteiger partial charge in [-0.3, -0.25) is 9.36 Å². The summed E-state index contributed by atoms with van der Waals surface area (Å²) in [4.78, 5) is 16.8. The molecule has 2 heterocycles. The number of hydrogen-bond donors (Lipinski definition) is 1. The van der Waals surface area contributed by atoms with Crippen molar-refractivity contribution in [3.8, 4) is 5.69 Å². The van der Waals surface area contributed by atoms with E-state index in [1.54, 1.807) is 16.7 Å². The van der Waals surface area contributed by atoms with Gasteiger partial charge >= 0.3 is 0 Å². The number of hydrogen-bond acceptors (Lipinski definition) is 5. The van der Waals surface area contributed by atoms with Crippen LogP contribution in [-0.2, 0) is 9.84 Å². The number of amides is 1. The van der Waals surface area contributed by atoms with Crippen LogP contribution in [0.5, 0.6) is 0 Å². The summed E-state index contributed by atoms with van der Waals surface area (Å²) in [6.45, 7) is 0.307. The van der Waals surface area contributed by atoms with Gasteiger partial charge in [0.25, 0.3) is 5.91 Å². The highest BCUT2D eigenvalue weighted by molar-refractivity contribution is 7.98. The average Bonchev–Trinajstić information content (AvgIpc) is 3.16. The smallest absolute Gasteiger partial charge is 0.269 e. The second kappa shape index (κ2) is 7.17. The first kappa shape index (κ1) is 17.9. The van der Waals surface area contributed by atoms with Crippen LogP contribution in [0.25, 0.3) is 5.69 Å². The van der Waals surface area contributed by atoms with Crippen LogP contribution in [0.1, 0.15) is 16.9 Å². The summed E-state index contributed by atoms with van der Waals surface area (Å²) in [7, 11) is -2.97. The quantitative estimate of drug-likeness (QED) is 0.798. The van der Waals surface area contributed by atoms with E-state index in [-0.39, 0.29) is 29.1 Å². The number of nitrogens with one attached hydrogen (secondary N) is 1. The van der Waals surface area contributed by atoms with Crippen molar-refractivity contribution in [2.45, 2.75) is 11.6 Å². The largest absolute Gasteiger partial charge is 0.350 e. The van der Waals surface area contributed by atoms with Crippen molar-refractivity contribution in [1.29, 1.82) is 0 Å². The van der Waals surface area contributed by atoms with E-state index in [4.69, 9.17) is 0 Å². The lowest BCUT2D eigenvalue weighted by Crippen LogP contribution is -2.31. The molecule has 0 spiro atoms. The molecule has 2 aromatic rings. The van der Waals surface area contributed by atoms with E-state index in [2.05, 4.69) is 10.3 Å². The van der Waals surface area contributed by atoms with Gasteiger partial charge in [0.05, 0.1) is 17.7 Å². The van der Waals surface area contributed by atoms with Crippen molar-refractivity contribution in [3.63, 3.8) is 0 Å². The Morgan fingerprint density at radius 2 is 2.12 bits per heavy atom. The zero-order valence-corrected chi connectivity index (χ0v) is 15.2. The van der Waals surface area contributed by atoms with Crippen LogP contribution in [0.2, 0.25) is 0 Å². The molecule has 0 aliphatic carbocycles. The molecule has 1 amide bonds. The van der Waals surface area contributed by atoms with E-state index < -0.39 is 9.84 Å². The average molecular weight is 383 g/mol. The molecule has 134 valence electrons. The van der Waals surface area contributed by atoms with Crippen LogP contribution in [0, 0.1) is 11.7 Å². The van der Waals surface area contributed by atoms with Gasteiger partial charge in [-0.25, -0.2) is 17.8 Å². The third kappa shape index (κ3) is 4.04. The molecule has 1 atom stereocenters. The first-order valence-corrected chi connectivity index (χ1v) is 10.8. The number of imidazole rings is 1. The van der Waals surface area contributed by atoms with Crippen LogP contribution in [0.4, 0.5) is 4.39 Å². The molecule has 1 aromatic carbocycles. The minimum Gasteiger partial charge on any atom is -0.350 e.